The first-order chi connectivity index (χ1) is 6.86. The maximum Gasteiger partial charge on any atom is 0.0125 e. The summed E-state index contributed by atoms with van der Waals surface area (Å²) in [5.41, 5.74) is 6.43. The number of nitrogens with one attached hydrogen (secondary N) is 1. The van der Waals surface area contributed by atoms with Crippen molar-refractivity contribution in [1.29, 1.82) is 0 Å². The predicted molar refractivity (Wildman–Crippen MR) is 58.0 cm³/mol. The molecule has 1 heterocycles. The zero-order chi connectivity index (χ0) is 9.54. The highest BCUT2D eigenvalue weighted by atomic mass is 15.0. The second kappa shape index (κ2) is 3.49. The first-order valence-corrected chi connectivity index (χ1v) is 6.38. The van der Waals surface area contributed by atoms with Crippen molar-refractivity contribution in [3.63, 3.8) is 0 Å². The van der Waals surface area contributed by atoms with Gasteiger partial charge < -0.3 is 11.1 Å². The topological polar surface area (TPSA) is 38.0 Å². The summed E-state index contributed by atoms with van der Waals surface area (Å²) in [7, 11) is 0. The highest BCUT2D eigenvalue weighted by Crippen LogP contribution is 2.40. The number of fused-ring (bicyclic) bond motifs is 2. The molecule has 3 fully saturated rings. The Morgan fingerprint density at radius 2 is 1.36 bits per heavy atom. The Bertz CT molecular complexity index is 216. The molecule has 3 aliphatic rings. The molecule has 0 amide bonds. The van der Waals surface area contributed by atoms with Crippen LogP contribution in [0.3, 0.4) is 0 Å². The van der Waals surface area contributed by atoms with E-state index in [4.69, 9.17) is 5.73 Å². The Labute approximate surface area is 86.6 Å². The first kappa shape index (κ1) is 9.17. The fraction of sp³-hybridized carbons (Fsp3) is 1.00. The standard InChI is InChI=1S/C12H22N2/c13-12-8-4-1-2-6-10(8)14-11-7-3-5-9(11)12/h8-12,14H,1-7,13H2. The van der Waals surface area contributed by atoms with E-state index in [1.54, 1.807) is 0 Å². The Kier molecular flexibility index (Phi) is 2.29. The van der Waals surface area contributed by atoms with Gasteiger partial charge in [0.25, 0.3) is 0 Å². The monoisotopic (exact) mass is 194 g/mol. The lowest BCUT2D eigenvalue weighted by Gasteiger charge is -2.47. The summed E-state index contributed by atoms with van der Waals surface area (Å²) in [6.45, 7) is 0. The summed E-state index contributed by atoms with van der Waals surface area (Å²) in [5, 5.41) is 3.87. The van der Waals surface area contributed by atoms with Crippen LogP contribution in [0.5, 0.6) is 0 Å². The molecule has 2 saturated carbocycles. The van der Waals surface area contributed by atoms with Crippen LogP contribution in [0.2, 0.25) is 0 Å². The van der Waals surface area contributed by atoms with Crippen molar-refractivity contribution in [2.75, 3.05) is 0 Å². The molecule has 14 heavy (non-hydrogen) atoms. The van der Waals surface area contributed by atoms with Gasteiger partial charge in [0, 0.05) is 18.1 Å². The number of hydrogen-bond acceptors (Lipinski definition) is 2. The van der Waals surface area contributed by atoms with Gasteiger partial charge in [0.15, 0.2) is 0 Å². The third kappa shape index (κ3) is 1.31. The zero-order valence-electron chi connectivity index (χ0n) is 8.91. The van der Waals surface area contributed by atoms with Crippen molar-refractivity contribution in [3.8, 4) is 0 Å². The molecule has 0 spiro atoms. The average Bonchev–Trinajstić information content (AvgIpc) is 2.66. The van der Waals surface area contributed by atoms with E-state index >= 15 is 0 Å². The molecule has 0 aromatic rings. The van der Waals surface area contributed by atoms with Gasteiger partial charge in [0.05, 0.1) is 0 Å². The van der Waals surface area contributed by atoms with E-state index in [1.807, 2.05) is 0 Å². The first-order valence-electron chi connectivity index (χ1n) is 6.38. The SMILES string of the molecule is NC1C2CCCCC2NC2CCCC21. The van der Waals surface area contributed by atoms with E-state index in [2.05, 4.69) is 5.32 Å². The van der Waals surface area contributed by atoms with Crippen LogP contribution in [0.1, 0.15) is 44.9 Å². The maximum absolute atomic E-state index is 6.43. The van der Waals surface area contributed by atoms with Gasteiger partial charge in [-0.25, -0.2) is 0 Å². The van der Waals surface area contributed by atoms with Gasteiger partial charge >= 0.3 is 0 Å². The van der Waals surface area contributed by atoms with Gasteiger partial charge in [-0.15, -0.1) is 0 Å². The molecule has 0 aromatic heterocycles. The fourth-order valence-corrected chi connectivity index (χ4v) is 4.08. The van der Waals surface area contributed by atoms with Crippen LogP contribution in [0.25, 0.3) is 0 Å². The van der Waals surface area contributed by atoms with Gasteiger partial charge in [-0.2, -0.15) is 0 Å². The lowest BCUT2D eigenvalue weighted by Crippen LogP contribution is -2.61. The third-order valence-electron chi connectivity index (χ3n) is 4.81. The number of rotatable bonds is 0. The summed E-state index contributed by atoms with van der Waals surface area (Å²) in [5.74, 6) is 1.59. The number of hydrogen-bond donors (Lipinski definition) is 2. The molecular formula is C12H22N2. The second-order valence-electron chi connectivity index (χ2n) is 5.50. The zero-order valence-corrected chi connectivity index (χ0v) is 8.91. The molecular weight excluding hydrogens is 172 g/mol. The highest BCUT2D eigenvalue weighted by Gasteiger charge is 2.44. The minimum atomic E-state index is 0.508. The Balaban J connectivity index is 1.79. The fourth-order valence-electron chi connectivity index (χ4n) is 4.08. The molecule has 5 unspecified atom stereocenters. The van der Waals surface area contributed by atoms with Gasteiger partial charge in [0.1, 0.15) is 0 Å². The molecule has 1 saturated heterocycles. The summed E-state index contributed by atoms with van der Waals surface area (Å²) in [4.78, 5) is 0. The third-order valence-corrected chi connectivity index (χ3v) is 4.81. The molecule has 3 N–H and O–H groups in total. The normalized spacial score (nSPS) is 52.5. The Morgan fingerprint density at radius 3 is 2.14 bits per heavy atom. The predicted octanol–water partition coefficient (Wildman–Crippen LogP) is 1.64. The second-order valence-corrected chi connectivity index (χ2v) is 5.50. The summed E-state index contributed by atoms with van der Waals surface area (Å²) >= 11 is 0. The summed E-state index contributed by atoms with van der Waals surface area (Å²) in [6, 6.07) is 2.04. The lowest BCUT2D eigenvalue weighted by molar-refractivity contribution is 0.111. The summed E-state index contributed by atoms with van der Waals surface area (Å²) < 4.78 is 0. The van der Waals surface area contributed by atoms with Gasteiger partial charge in [-0.3, -0.25) is 0 Å². The largest absolute Gasteiger partial charge is 0.327 e. The quantitative estimate of drug-likeness (QED) is 0.615. The smallest absolute Gasteiger partial charge is 0.0125 e. The van der Waals surface area contributed by atoms with Crippen LogP contribution in [0.15, 0.2) is 0 Å². The van der Waals surface area contributed by atoms with E-state index < -0.39 is 0 Å². The van der Waals surface area contributed by atoms with Crippen molar-refractivity contribution in [1.82, 2.24) is 5.32 Å². The molecule has 2 aliphatic carbocycles. The van der Waals surface area contributed by atoms with Crippen molar-refractivity contribution < 1.29 is 0 Å². The van der Waals surface area contributed by atoms with Crippen LogP contribution in [-0.2, 0) is 0 Å². The van der Waals surface area contributed by atoms with Crippen LogP contribution in [0.4, 0.5) is 0 Å². The minimum Gasteiger partial charge on any atom is -0.327 e. The lowest BCUT2D eigenvalue weighted by atomic mass is 9.71. The molecule has 3 rings (SSSR count). The maximum atomic E-state index is 6.43. The Hall–Kier alpha value is -0.0800. The average molecular weight is 194 g/mol. The van der Waals surface area contributed by atoms with Crippen molar-refractivity contribution >= 4 is 0 Å². The minimum absolute atomic E-state index is 0.508. The molecule has 0 aromatic carbocycles. The van der Waals surface area contributed by atoms with Gasteiger partial charge in [-0.05, 0) is 37.5 Å². The van der Waals surface area contributed by atoms with Crippen molar-refractivity contribution in [2.45, 2.75) is 63.1 Å². The number of piperidine rings is 1. The van der Waals surface area contributed by atoms with E-state index in [1.165, 1.54) is 44.9 Å². The summed E-state index contributed by atoms with van der Waals surface area (Å²) in [6.07, 6.45) is 9.73. The van der Waals surface area contributed by atoms with Crippen molar-refractivity contribution in [2.24, 2.45) is 17.6 Å². The Morgan fingerprint density at radius 1 is 0.786 bits per heavy atom. The van der Waals surface area contributed by atoms with Gasteiger partial charge in [-0.1, -0.05) is 19.3 Å². The molecule has 0 bridgehead atoms. The molecule has 2 heteroatoms. The van der Waals surface area contributed by atoms with Crippen molar-refractivity contribution in [3.05, 3.63) is 0 Å². The van der Waals surface area contributed by atoms with E-state index in [0.29, 0.717) is 6.04 Å². The molecule has 5 atom stereocenters. The van der Waals surface area contributed by atoms with Gasteiger partial charge in [0.2, 0.25) is 0 Å². The highest BCUT2D eigenvalue weighted by molar-refractivity contribution is 5.02. The van der Waals surface area contributed by atoms with Crippen LogP contribution < -0.4 is 11.1 Å². The van der Waals surface area contributed by atoms with E-state index in [0.717, 1.165) is 23.9 Å². The molecule has 0 radical (unpaired) electrons. The van der Waals surface area contributed by atoms with E-state index in [9.17, 15) is 0 Å². The van der Waals surface area contributed by atoms with Crippen LogP contribution in [0, 0.1) is 11.8 Å². The number of nitrogens with two attached hydrogens (primary N) is 1. The van der Waals surface area contributed by atoms with Crippen LogP contribution >= 0.6 is 0 Å². The van der Waals surface area contributed by atoms with Crippen LogP contribution in [-0.4, -0.2) is 18.1 Å². The molecule has 1 aliphatic heterocycles. The van der Waals surface area contributed by atoms with E-state index in [-0.39, 0.29) is 0 Å². The molecule has 2 nitrogen and oxygen atoms in total. The molecule has 80 valence electrons.